The zero-order valence-electron chi connectivity index (χ0n) is 20.9. The molecule has 2 N–H and O–H groups in total. The molecule has 0 aliphatic heterocycles. The number of benzene rings is 1. The lowest BCUT2D eigenvalue weighted by molar-refractivity contribution is 0.0964. The van der Waals surface area contributed by atoms with Gasteiger partial charge in [0.25, 0.3) is 5.91 Å². The number of carbonyl (C=O) groups is 1. The minimum atomic E-state index is -2.18. The third kappa shape index (κ3) is 5.67. The second-order valence-electron chi connectivity index (χ2n) is 9.37. The van der Waals surface area contributed by atoms with Gasteiger partial charge in [-0.25, -0.2) is 9.19 Å². The van der Waals surface area contributed by atoms with Crippen LogP contribution in [0.4, 0.5) is 0 Å². The van der Waals surface area contributed by atoms with Crippen LogP contribution < -0.4 is 5.32 Å². The zero-order chi connectivity index (χ0) is 25.8. The number of fused-ring (bicyclic) bond motifs is 1. The maximum absolute atomic E-state index is 12.9. The summed E-state index contributed by atoms with van der Waals surface area (Å²) in [4.78, 5) is 17.7. The van der Waals surface area contributed by atoms with Crippen molar-refractivity contribution in [1.82, 2.24) is 14.6 Å². The van der Waals surface area contributed by atoms with Crippen LogP contribution in [-0.4, -0.2) is 37.6 Å². The van der Waals surface area contributed by atoms with Crippen LogP contribution >= 0.6 is 0 Å². The van der Waals surface area contributed by atoms with Gasteiger partial charge in [0, 0.05) is 25.1 Å². The van der Waals surface area contributed by atoms with E-state index in [-0.39, 0.29) is 18.4 Å². The van der Waals surface area contributed by atoms with E-state index < -0.39 is 11.3 Å². The van der Waals surface area contributed by atoms with E-state index in [0.29, 0.717) is 53.4 Å². The summed E-state index contributed by atoms with van der Waals surface area (Å²) in [5, 5.41) is 12.6. The van der Waals surface area contributed by atoms with Gasteiger partial charge in [0.15, 0.2) is 0 Å². The molecule has 36 heavy (non-hydrogen) atoms. The smallest absolute Gasteiger partial charge is 0.255 e. The molecule has 190 valence electrons. The number of carbonyl (C=O) groups excluding carboxylic acids is 1. The van der Waals surface area contributed by atoms with Gasteiger partial charge in [-0.15, -0.1) is 0 Å². The lowest BCUT2D eigenvalue weighted by Crippen LogP contribution is -2.27. The molecule has 0 spiro atoms. The molecule has 1 amide bonds. The molecule has 4 rings (SSSR count). The third-order valence-electron chi connectivity index (χ3n) is 6.76. The van der Waals surface area contributed by atoms with E-state index in [0.717, 1.165) is 36.0 Å². The Kier molecular flexibility index (Phi) is 8.19. The molecular weight excluding hydrogens is 476 g/mol. The first-order chi connectivity index (χ1) is 17.4. The molecule has 1 aliphatic carbocycles. The van der Waals surface area contributed by atoms with Gasteiger partial charge in [0.1, 0.15) is 5.76 Å². The summed E-state index contributed by atoms with van der Waals surface area (Å²) in [7, 11) is 1.59. The monoisotopic (exact) mass is 508 g/mol. The summed E-state index contributed by atoms with van der Waals surface area (Å²) in [6.45, 7) is 4.53. The first-order valence-electron chi connectivity index (χ1n) is 12.4. The van der Waals surface area contributed by atoms with Crippen molar-refractivity contribution in [2.75, 3.05) is 13.6 Å². The maximum Gasteiger partial charge on any atom is 0.255 e. The van der Waals surface area contributed by atoms with Crippen molar-refractivity contribution in [1.29, 1.82) is 5.26 Å². The van der Waals surface area contributed by atoms with Crippen molar-refractivity contribution >= 4 is 28.3 Å². The molecule has 3 aromatic rings. The molecule has 9 heteroatoms. The molecule has 0 saturated heterocycles. The van der Waals surface area contributed by atoms with Gasteiger partial charge in [0.05, 0.1) is 29.3 Å². The summed E-state index contributed by atoms with van der Waals surface area (Å²) in [6, 6.07) is 12.0. The summed E-state index contributed by atoms with van der Waals surface area (Å²) in [5.41, 5.74) is 4.35. The lowest BCUT2D eigenvalue weighted by Gasteiger charge is -2.19. The van der Waals surface area contributed by atoms with Gasteiger partial charge in [-0.3, -0.25) is 9.35 Å². The van der Waals surface area contributed by atoms with E-state index in [1.807, 2.05) is 44.2 Å². The maximum atomic E-state index is 12.9. The molecule has 0 radical (unpaired) electrons. The first-order valence-corrected chi connectivity index (χ1v) is 13.4. The Morgan fingerprint density at radius 1 is 1.36 bits per heavy atom. The van der Waals surface area contributed by atoms with Crippen LogP contribution in [0.3, 0.4) is 0 Å². The van der Waals surface area contributed by atoms with Gasteiger partial charge in [-0.1, -0.05) is 36.8 Å². The highest BCUT2D eigenvalue weighted by Gasteiger charge is 2.31. The average molecular weight is 509 g/mol. The number of aromatic nitrogens is 1. The number of rotatable bonds is 11. The fourth-order valence-electron chi connectivity index (χ4n) is 4.46. The van der Waals surface area contributed by atoms with Gasteiger partial charge in [0.2, 0.25) is 17.0 Å². The van der Waals surface area contributed by atoms with Gasteiger partial charge in [-0.2, -0.15) is 9.57 Å². The van der Waals surface area contributed by atoms with Crippen molar-refractivity contribution in [2.24, 2.45) is 5.92 Å². The second kappa shape index (κ2) is 11.3. The molecule has 2 unspecified atom stereocenters. The van der Waals surface area contributed by atoms with Crippen LogP contribution in [0.2, 0.25) is 0 Å². The van der Waals surface area contributed by atoms with Crippen LogP contribution in [0.1, 0.15) is 72.1 Å². The topological polar surface area (TPSA) is 119 Å². The van der Waals surface area contributed by atoms with Crippen LogP contribution in [0.5, 0.6) is 0 Å². The number of hydrogen-bond donors (Lipinski definition) is 2. The highest BCUT2D eigenvalue weighted by atomic mass is 32.2. The number of aryl methyl sites for hydroxylation is 1. The van der Waals surface area contributed by atoms with Crippen molar-refractivity contribution in [2.45, 2.75) is 58.4 Å². The fraction of sp³-hybridized carbons (Fsp3) is 0.444. The van der Waals surface area contributed by atoms with Crippen molar-refractivity contribution in [3.63, 3.8) is 0 Å². The van der Waals surface area contributed by atoms with Gasteiger partial charge < -0.3 is 9.73 Å². The number of furan rings is 1. The van der Waals surface area contributed by atoms with Gasteiger partial charge >= 0.3 is 0 Å². The predicted octanol–water partition coefficient (Wildman–Crippen LogP) is 5.31. The normalized spacial score (nSPS) is 15.1. The number of nitriles is 1. The Morgan fingerprint density at radius 3 is 2.67 bits per heavy atom. The van der Waals surface area contributed by atoms with Gasteiger partial charge in [-0.05, 0) is 56.6 Å². The van der Waals surface area contributed by atoms with Crippen LogP contribution in [0.15, 0.2) is 34.7 Å². The fourth-order valence-corrected chi connectivity index (χ4v) is 4.98. The Bertz CT molecular complexity index is 1310. The molecule has 2 aromatic heterocycles. The summed E-state index contributed by atoms with van der Waals surface area (Å²) >= 11 is -2.18. The largest absolute Gasteiger partial charge is 0.437 e. The van der Waals surface area contributed by atoms with E-state index >= 15 is 0 Å². The minimum Gasteiger partial charge on any atom is -0.437 e. The summed E-state index contributed by atoms with van der Waals surface area (Å²) < 4.78 is 29.7. The molecule has 1 saturated carbocycles. The Hall–Kier alpha value is -3.06. The quantitative estimate of drug-likeness (QED) is 0.339. The third-order valence-corrected chi connectivity index (χ3v) is 7.52. The lowest BCUT2D eigenvalue weighted by atomic mass is 10.0. The van der Waals surface area contributed by atoms with E-state index in [1.165, 1.54) is 4.31 Å². The van der Waals surface area contributed by atoms with Crippen molar-refractivity contribution < 1.29 is 18.0 Å². The minimum absolute atomic E-state index is 0.0538. The summed E-state index contributed by atoms with van der Waals surface area (Å²) in [5.74, 6) is 0.466. The molecule has 2 heterocycles. The van der Waals surface area contributed by atoms with Crippen LogP contribution in [-0.2, 0) is 17.8 Å². The molecule has 0 bridgehead atoms. The molecule has 2 atom stereocenters. The number of amides is 1. The van der Waals surface area contributed by atoms with Crippen LogP contribution in [0, 0.1) is 24.2 Å². The molecule has 8 nitrogen and oxygen atoms in total. The molecular formula is C27H32N4O4S. The highest BCUT2D eigenvalue weighted by molar-refractivity contribution is 7.76. The number of nitrogens with zero attached hydrogens (tertiary/aromatic N) is 3. The van der Waals surface area contributed by atoms with Crippen molar-refractivity contribution in [3.05, 3.63) is 52.7 Å². The highest BCUT2D eigenvalue weighted by Crippen LogP contribution is 2.44. The molecule has 1 aromatic carbocycles. The Labute approximate surface area is 214 Å². The number of hydrogen-bond acceptors (Lipinski definition) is 5. The SMILES string of the molecule is CCC(C#N)CCCN(Cc1nc2oc(-c3ccc(C)cc3)c(C(=O)NC)c2cc1C1CC1)S(=O)O. The first kappa shape index (κ1) is 26.0. The summed E-state index contributed by atoms with van der Waals surface area (Å²) in [6.07, 6.45) is 4.11. The van der Waals surface area contributed by atoms with Crippen LogP contribution in [0.25, 0.3) is 22.4 Å². The number of pyridine rings is 1. The number of nitrogens with one attached hydrogen (secondary N) is 1. The Balaban J connectivity index is 1.72. The van der Waals surface area contributed by atoms with Crippen molar-refractivity contribution in [3.8, 4) is 17.4 Å². The van der Waals surface area contributed by atoms with E-state index in [9.17, 15) is 18.8 Å². The zero-order valence-corrected chi connectivity index (χ0v) is 21.7. The second-order valence-corrected chi connectivity index (χ2v) is 10.4. The predicted molar refractivity (Wildman–Crippen MR) is 139 cm³/mol. The van der Waals surface area contributed by atoms with E-state index in [4.69, 9.17) is 9.40 Å². The standard InChI is InChI=1S/C27H32N4O4S/c1-4-18(15-28)6-5-13-31(36(33)34)16-23-21(19-11-12-19)14-22-24(26(32)29-3)25(35-27(22)30-23)20-9-7-17(2)8-10-20/h7-10,14,18-19H,4-6,11-13,16H2,1-3H3,(H,29,32)(H,33,34). The Morgan fingerprint density at radius 2 is 2.08 bits per heavy atom. The average Bonchev–Trinajstić information content (AvgIpc) is 3.65. The molecule has 1 aliphatic rings. The molecule has 1 fully saturated rings. The van der Waals surface area contributed by atoms with E-state index in [2.05, 4.69) is 11.4 Å². The van der Waals surface area contributed by atoms with E-state index in [1.54, 1.807) is 7.05 Å².